The summed E-state index contributed by atoms with van der Waals surface area (Å²) in [5.41, 5.74) is 7.91. The monoisotopic (exact) mass is 312 g/mol. The zero-order valence-electron chi connectivity index (χ0n) is 10.9. The first-order valence-electron chi connectivity index (χ1n) is 6.45. The van der Waals surface area contributed by atoms with Crippen molar-refractivity contribution in [1.29, 1.82) is 0 Å². The molecule has 0 radical (unpaired) electrons. The van der Waals surface area contributed by atoms with E-state index in [-0.39, 0.29) is 0 Å². The number of rotatable bonds is 4. The first-order valence-corrected chi connectivity index (χ1v) is 7.24. The van der Waals surface area contributed by atoms with Crippen LogP contribution in [0, 0.1) is 5.92 Å². The average Bonchev–Trinajstić information content (AvgIpc) is 2.35. The van der Waals surface area contributed by atoms with Gasteiger partial charge in [0.1, 0.15) is 0 Å². The van der Waals surface area contributed by atoms with Crippen molar-refractivity contribution in [2.24, 2.45) is 5.92 Å². The largest absolute Gasteiger partial charge is 0.399 e. The summed E-state index contributed by atoms with van der Waals surface area (Å²) in [5.74, 6) is 0.767. The van der Waals surface area contributed by atoms with E-state index in [0.29, 0.717) is 0 Å². The third kappa shape index (κ3) is 3.97. The molecule has 100 valence electrons. The zero-order chi connectivity index (χ0) is 13.0. The molecule has 0 amide bonds. The van der Waals surface area contributed by atoms with Crippen molar-refractivity contribution in [3.05, 3.63) is 28.2 Å². The molecule has 18 heavy (non-hydrogen) atoms. The van der Waals surface area contributed by atoms with Crippen LogP contribution in [0.25, 0.3) is 0 Å². The maximum atomic E-state index is 5.83. The number of hydrogen-bond acceptors (Lipinski definition) is 3. The molecule has 0 atom stereocenters. The molecular weight excluding hydrogens is 292 g/mol. The van der Waals surface area contributed by atoms with Gasteiger partial charge in [-0.25, -0.2) is 0 Å². The van der Waals surface area contributed by atoms with Gasteiger partial charge in [-0.1, -0.05) is 15.9 Å². The maximum Gasteiger partial charge on any atom is 0.0469 e. The van der Waals surface area contributed by atoms with Crippen LogP contribution in [0.4, 0.5) is 5.69 Å². The fourth-order valence-corrected chi connectivity index (χ4v) is 2.81. The number of benzene rings is 1. The lowest BCUT2D eigenvalue weighted by Crippen LogP contribution is -2.29. The lowest BCUT2D eigenvalue weighted by molar-refractivity contribution is 0.0549. The van der Waals surface area contributed by atoms with Gasteiger partial charge >= 0.3 is 0 Å². The molecule has 0 aromatic heterocycles. The van der Waals surface area contributed by atoms with Gasteiger partial charge in [-0.05, 0) is 49.6 Å². The highest BCUT2D eigenvalue weighted by molar-refractivity contribution is 9.10. The second-order valence-corrected chi connectivity index (χ2v) is 5.96. The van der Waals surface area contributed by atoms with Crippen LogP contribution in [-0.2, 0) is 11.3 Å². The van der Waals surface area contributed by atoms with Crippen LogP contribution in [0.3, 0.4) is 0 Å². The Bertz CT molecular complexity index is 391. The number of anilines is 1. The first kappa shape index (κ1) is 13.8. The van der Waals surface area contributed by atoms with Crippen molar-refractivity contribution >= 4 is 21.6 Å². The summed E-state index contributed by atoms with van der Waals surface area (Å²) in [5, 5.41) is 0. The molecule has 0 spiro atoms. The minimum atomic E-state index is 0.767. The van der Waals surface area contributed by atoms with E-state index in [1.165, 1.54) is 18.4 Å². The van der Waals surface area contributed by atoms with Crippen LogP contribution in [0.2, 0.25) is 0 Å². The van der Waals surface area contributed by atoms with Crippen molar-refractivity contribution < 1.29 is 4.74 Å². The minimum absolute atomic E-state index is 0.767. The van der Waals surface area contributed by atoms with Crippen LogP contribution >= 0.6 is 15.9 Å². The second kappa shape index (κ2) is 6.55. The first-order chi connectivity index (χ1) is 8.65. The van der Waals surface area contributed by atoms with Crippen molar-refractivity contribution in [1.82, 2.24) is 4.90 Å². The molecular formula is C14H21BrN2O. The Morgan fingerprint density at radius 2 is 2.11 bits per heavy atom. The van der Waals surface area contributed by atoms with Crippen LogP contribution in [0.5, 0.6) is 0 Å². The SMILES string of the molecule is CN(Cc1cc(N)ccc1Br)CC1CCOCC1. The van der Waals surface area contributed by atoms with Crippen molar-refractivity contribution in [3.63, 3.8) is 0 Å². The normalized spacial score (nSPS) is 17.3. The van der Waals surface area contributed by atoms with E-state index in [1.807, 2.05) is 18.2 Å². The van der Waals surface area contributed by atoms with Crippen molar-refractivity contribution in [3.8, 4) is 0 Å². The molecule has 1 aromatic rings. The fraction of sp³-hybridized carbons (Fsp3) is 0.571. The van der Waals surface area contributed by atoms with Gasteiger partial charge in [0.15, 0.2) is 0 Å². The Balaban J connectivity index is 1.89. The number of ether oxygens (including phenoxy) is 1. The molecule has 0 saturated carbocycles. The molecule has 2 rings (SSSR count). The molecule has 1 fully saturated rings. The van der Waals surface area contributed by atoms with E-state index in [1.54, 1.807) is 0 Å². The topological polar surface area (TPSA) is 38.5 Å². The van der Waals surface area contributed by atoms with Crippen LogP contribution in [-0.4, -0.2) is 31.7 Å². The van der Waals surface area contributed by atoms with Crippen LogP contribution in [0.15, 0.2) is 22.7 Å². The molecule has 1 aromatic carbocycles. The Kier molecular flexibility index (Phi) is 5.03. The quantitative estimate of drug-likeness (QED) is 0.869. The van der Waals surface area contributed by atoms with Gasteiger partial charge in [0.25, 0.3) is 0 Å². The Labute approximate surface area is 117 Å². The summed E-state index contributed by atoms with van der Waals surface area (Å²) in [6.45, 7) is 3.90. The van der Waals surface area contributed by atoms with E-state index < -0.39 is 0 Å². The van der Waals surface area contributed by atoms with Gasteiger partial charge in [-0.2, -0.15) is 0 Å². The zero-order valence-corrected chi connectivity index (χ0v) is 12.4. The highest BCUT2D eigenvalue weighted by Crippen LogP contribution is 2.22. The molecule has 1 saturated heterocycles. The lowest BCUT2D eigenvalue weighted by atomic mass is 10.00. The molecule has 0 unspecified atom stereocenters. The van der Waals surface area contributed by atoms with E-state index >= 15 is 0 Å². The second-order valence-electron chi connectivity index (χ2n) is 5.10. The van der Waals surface area contributed by atoms with E-state index in [2.05, 4.69) is 27.9 Å². The Morgan fingerprint density at radius 1 is 1.39 bits per heavy atom. The average molecular weight is 313 g/mol. The third-order valence-corrected chi connectivity index (χ3v) is 4.19. The van der Waals surface area contributed by atoms with Gasteiger partial charge in [-0.3, -0.25) is 0 Å². The maximum absolute atomic E-state index is 5.83. The summed E-state index contributed by atoms with van der Waals surface area (Å²) >= 11 is 3.58. The number of nitrogens with zero attached hydrogens (tertiary/aromatic N) is 1. The minimum Gasteiger partial charge on any atom is -0.399 e. The smallest absolute Gasteiger partial charge is 0.0469 e. The number of hydrogen-bond donors (Lipinski definition) is 1. The fourth-order valence-electron chi connectivity index (χ4n) is 2.44. The Hall–Kier alpha value is -0.580. The molecule has 1 aliphatic heterocycles. The van der Waals surface area contributed by atoms with Gasteiger partial charge in [-0.15, -0.1) is 0 Å². The third-order valence-electron chi connectivity index (χ3n) is 3.42. The molecule has 1 aliphatic rings. The summed E-state index contributed by atoms with van der Waals surface area (Å²) in [4.78, 5) is 2.37. The lowest BCUT2D eigenvalue weighted by Gasteiger charge is -2.27. The number of halogens is 1. The van der Waals surface area contributed by atoms with Crippen molar-refractivity contribution in [2.75, 3.05) is 32.5 Å². The molecule has 1 heterocycles. The highest BCUT2D eigenvalue weighted by atomic mass is 79.9. The van der Waals surface area contributed by atoms with Crippen LogP contribution < -0.4 is 5.73 Å². The standard InChI is InChI=1S/C14H21BrN2O/c1-17(9-11-4-6-18-7-5-11)10-12-8-13(16)2-3-14(12)15/h2-3,8,11H,4-7,9-10,16H2,1H3. The molecule has 2 N–H and O–H groups in total. The van der Waals surface area contributed by atoms with E-state index in [4.69, 9.17) is 10.5 Å². The summed E-state index contributed by atoms with van der Waals surface area (Å²) in [6.07, 6.45) is 2.37. The molecule has 0 bridgehead atoms. The highest BCUT2D eigenvalue weighted by Gasteiger charge is 2.16. The number of nitrogen functional groups attached to an aromatic ring is 1. The molecule has 0 aliphatic carbocycles. The summed E-state index contributed by atoms with van der Waals surface area (Å²) in [7, 11) is 2.17. The van der Waals surface area contributed by atoms with Crippen LogP contribution in [0.1, 0.15) is 18.4 Å². The number of nitrogens with two attached hydrogens (primary N) is 1. The summed E-state index contributed by atoms with van der Waals surface area (Å²) < 4.78 is 6.53. The predicted octanol–water partition coefficient (Wildman–Crippen LogP) is 2.89. The van der Waals surface area contributed by atoms with Crippen molar-refractivity contribution in [2.45, 2.75) is 19.4 Å². The van der Waals surface area contributed by atoms with Gasteiger partial charge in [0.2, 0.25) is 0 Å². The van der Waals surface area contributed by atoms with Gasteiger partial charge in [0, 0.05) is 36.5 Å². The molecule has 4 heteroatoms. The Morgan fingerprint density at radius 3 is 2.83 bits per heavy atom. The summed E-state index contributed by atoms with van der Waals surface area (Å²) in [6, 6.07) is 5.99. The van der Waals surface area contributed by atoms with E-state index in [9.17, 15) is 0 Å². The predicted molar refractivity (Wildman–Crippen MR) is 78.4 cm³/mol. The molecule has 3 nitrogen and oxygen atoms in total. The van der Waals surface area contributed by atoms with E-state index in [0.717, 1.165) is 42.4 Å². The van der Waals surface area contributed by atoms with Gasteiger partial charge in [0.05, 0.1) is 0 Å². The van der Waals surface area contributed by atoms with Gasteiger partial charge < -0.3 is 15.4 Å².